The Labute approximate surface area is 166 Å². The minimum absolute atomic E-state index is 0.136. The largest absolute Gasteiger partial charge is 0.443 e. The van der Waals surface area contributed by atoms with Gasteiger partial charge in [0.1, 0.15) is 23.7 Å². The maximum absolute atomic E-state index is 13.2. The summed E-state index contributed by atoms with van der Waals surface area (Å²) in [5, 5.41) is 3.89. The lowest BCUT2D eigenvalue weighted by atomic mass is 9.96. The lowest BCUT2D eigenvalue weighted by Gasteiger charge is -2.33. The average molecular weight is 403 g/mol. The predicted molar refractivity (Wildman–Crippen MR) is 106 cm³/mol. The van der Waals surface area contributed by atoms with Crippen molar-refractivity contribution in [3.8, 4) is 0 Å². The number of piperidine rings is 1. The number of hydrogen-bond donors (Lipinski definition) is 1. The molecule has 6 nitrogen and oxygen atoms in total. The Morgan fingerprint density at radius 2 is 2.18 bits per heavy atom. The van der Waals surface area contributed by atoms with Crippen LogP contribution in [0.4, 0.5) is 15.9 Å². The molecule has 0 radical (unpaired) electrons. The summed E-state index contributed by atoms with van der Waals surface area (Å²) >= 11 is 6.03. The number of rotatable bonds is 3. The molecule has 28 heavy (non-hydrogen) atoms. The summed E-state index contributed by atoms with van der Waals surface area (Å²) in [4.78, 5) is 23.6. The zero-order valence-corrected chi connectivity index (χ0v) is 16.4. The first-order valence-electron chi connectivity index (χ1n) is 9.15. The number of aromatic nitrogens is 2. The van der Waals surface area contributed by atoms with Crippen molar-refractivity contribution < 1.29 is 13.6 Å². The monoisotopic (exact) mass is 402 g/mol. The van der Waals surface area contributed by atoms with Crippen LogP contribution in [-0.4, -0.2) is 29.0 Å². The third kappa shape index (κ3) is 3.42. The van der Waals surface area contributed by atoms with E-state index in [1.807, 2.05) is 13.8 Å². The Morgan fingerprint density at radius 3 is 2.96 bits per heavy atom. The minimum atomic E-state index is -0.439. The number of nitrogens with zero attached hydrogens (tertiary/aromatic N) is 3. The highest BCUT2D eigenvalue weighted by Crippen LogP contribution is 2.33. The molecule has 1 aliphatic heterocycles. The fraction of sp³-hybridized carbons (Fsp3) is 0.350. The van der Waals surface area contributed by atoms with Crippen molar-refractivity contribution in [2.45, 2.75) is 26.7 Å². The molecule has 1 saturated heterocycles. The molecule has 146 valence electrons. The van der Waals surface area contributed by atoms with Gasteiger partial charge in [0.25, 0.3) is 0 Å². The van der Waals surface area contributed by atoms with Crippen molar-refractivity contribution >= 4 is 40.1 Å². The van der Waals surface area contributed by atoms with Crippen LogP contribution in [0.3, 0.4) is 0 Å². The van der Waals surface area contributed by atoms with E-state index in [4.69, 9.17) is 16.0 Å². The molecule has 1 N–H and O–H groups in total. The van der Waals surface area contributed by atoms with Gasteiger partial charge in [-0.05, 0) is 44.9 Å². The molecule has 1 unspecified atom stereocenters. The molecule has 0 bridgehead atoms. The Kier molecular flexibility index (Phi) is 4.93. The van der Waals surface area contributed by atoms with Gasteiger partial charge in [-0.2, -0.15) is 0 Å². The van der Waals surface area contributed by atoms with Crippen LogP contribution in [0, 0.1) is 25.6 Å². The summed E-state index contributed by atoms with van der Waals surface area (Å²) < 4.78 is 18.9. The van der Waals surface area contributed by atoms with Crippen molar-refractivity contribution in [3.63, 3.8) is 0 Å². The topological polar surface area (TPSA) is 71.3 Å². The Morgan fingerprint density at radius 1 is 1.36 bits per heavy atom. The number of halogens is 2. The van der Waals surface area contributed by atoms with Gasteiger partial charge in [-0.3, -0.25) is 4.79 Å². The zero-order valence-electron chi connectivity index (χ0n) is 15.6. The first-order valence-corrected chi connectivity index (χ1v) is 9.53. The SMILES string of the molecule is Cc1oc2ncnc(N3CCCC(C(=O)Nc4ccc(F)cc4Cl)C3)c2c1C. The highest BCUT2D eigenvalue weighted by atomic mass is 35.5. The van der Waals surface area contributed by atoms with E-state index in [1.165, 1.54) is 24.5 Å². The third-order valence-corrected chi connectivity index (χ3v) is 5.54. The number of aryl methyl sites for hydroxylation is 2. The predicted octanol–water partition coefficient (Wildman–Crippen LogP) is 4.49. The summed E-state index contributed by atoms with van der Waals surface area (Å²) in [6.45, 7) is 5.22. The number of furan rings is 1. The lowest BCUT2D eigenvalue weighted by molar-refractivity contribution is -0.120. The molecule has 0 saturated carbocycles. The van der Waals surface area contributed by atoms with Gasteiger partial charge in [0, 0.05) is 18.7 Å². The van der Waals surface area contributed by atoms with Gasteiger partial charge in [-0.1, -0.05) is 11.6 Å². The number of amides is 1. The number of benzene rings is 1. The summed E-state index contributed by atoms with van der Waals surface area (Å²) in [5.74, 6) is 0.799. The third-order valence-electron chi connectivity index (χ3n) is 5.23. The maximum Gasteiger partial charge on any atom is 0.231 e. The molecule has 1 amide bonds. The lowest BCUT2D eigenvalue weighted by Crippen LogP contribution is -2.41. The molecule has 1 aliphatic rings. The molecule has 3 heterocycles. The first kappa shape index (κ1) is 18.7. The van der Waals surface area contributed by atoms with Crippen LogP contribution in [-0.2, 0) is 4.79 Å². The van der Waals surface area contributed by atoms with Crippen LogP contribution >= 0.6 is 11.6 Å². The van der Waals surface area contributed by atoms with Crippen molar-refractivity contribution in [1.82, 2.24) is 9.97 Å². The molecule has 4 rings (SSSR count). The van der Waals surface area contributed by atoms with Gasteiger partial charge >= 0.3 is 0 Å². The van der Waals surface area contributed by atoms with E-state index in [1.54, 1.807) is 0 Å². The van der Waals surface area contributed by atoms with Crippen molar-refractivity contribution in [2.24, 2.45) is 5.92 Å². The van der Waals surface area contributed by atoms with E-state index in [-0.39, 0.29) is 16.8 Å². The molecule has 1 aromatic carbocycles. The van der Waals surface area contributed by atoms with Crippen LogP contribution in [0.2, 0.25) is 5.02 Å². The van der Waals surface area contributed by atoms with Crippen LogP contribution in [0.5, 0.6) is 0 Å². The Hall–Kier alpha value is -2.67. The summed E-state index contributed by atoms with van der Waals surface area (Å²) in [6.07, 6.45) is 3.11. The van der Waals surface area contributed by atoms with Gasteiger partial charge in [-0.15, -0.1) is 0 Å². The van der Waals surface area contributed by atoms with Crippen molar-refractivity contribution in [2.75, 3.05) is 23.3 Å². The second kappa shape index (κ2) is 7.39. The molecule has 2 aromatic heterocycles. The number of anilines is 2. The van der Waals surface area contributed by atoms with E-state index in [0.29, 0.717) is 17.9 Å². The zero-order chi connectivity index (χ0) is 19.8. The fourth-order valence-electron chi connectivity index (χ4n) is 3.61. The normalized spacial score (nSPS) is 17.1. The molecular formula is C20H20ClFN4O2. The van der Waals surface area contributed by atoms with E-state index in [2.05, 4.69) is 20.2 Å². The number of carbonyl (C=O) groups excluding carboxylic acids is 1. The van der Waals surface area contributed by atoms with E-state index < -0.39 is 5.82 Å². The quantitative estimate of drug-likeness (QED) is 0.699. The summed E-state index contributed by atoms with van der Waals surface area (Å²) in [7, 11) is 0. The minimum Gasteiger partial charge on any atom is -0.443 e. The van der Waals surface area contributed by atoms with Crippen molar-refractivity contribution in [3.05, 3.63) is 46.7 Å². The van der Waals surface area contributed by atoms with Crippen molar-refractivity contribution in [1.29, 1.82) is 0 Å². The number of carbonyl (C=O) groups is 1. The number of fused-ring (bicyclic) bond motifs is 1. The van der Waals surface area contributed by atoms with Crippen LogP contribution in [0.25, 0.3) is 11.1 Å². The molecule has 8 heteroatoms. The van der Waals surface area contributed by atoms with E-state index in [9.17, 15) is 9.18 Å². The average Bonchev–Trinajstić information content (AvgIpc) is 2.98. The fourth-order valence-corrected chi connectivity index (χ4v) is 3.83. The van der Waals surface area contributed by atoms with Crippen LogP contribution in [0.1, 0.15) is 24.2 Å². The molecule has 1 fully saturated rings. The highest BCUT2D eigenvalue weighted by Gasteiger charge is 2.29. The van der Waals surface area contributed by atoms with Crippen LogP contribution in [0.15, 0.2) is 28.9 Å². The van der Waals surface area contributed by atoms with Gasteiger partial charge in [0.15, 0.2) is 0 Å². The van der Waals surface area contributed by atoms with Gasteiger partial charge < -0.3 is 14.6 Å². The van der Waals surface area contributed by atoms with E-state index in [0.717, 1.165) is 41.9 Å². The van der Waals surface area contributed by atoms with Gasteiger partial charge in [0.2, 0.25) is 11.6 Å². The second-order valence-corrected chi connectivity index (χ2v) is 7.47. The molecular weight excluding hydrogens is 383 g/mol. The van der Waals surface area contributed by atoms with Gasteiger partial charge in [-0.25, -0.2) is 14.4 Å². The number of nitrogens with one attached hydrogen (secondary N) is 1. The first-order chi connectivity index (χ1) is 13.4. The standard InChI is InChI=1S/C20H20ClFN4O2/c1-11-12(2)28-20-17(11)18(23-10-24-20)26-7-3-4-13(9-26)19(27)25-16-6-5-14(22)8-15(16)21/h5-6,8,10,13H,3-4,7,9H2,1-2H3,(H,25,27). The second-order valence-electron chi connectivity index (χ2n) is 7.06. The molecule has 1 atom stereocenters. The smallest absolute Gasteiger partial charge is 0.231 e. The molecule has 0 aliphatic carbocycles. The Balaban J connectivity index is 1.56. The highest BCUT2D eigenvalue weighted by molar-refractivity contribution is 6.33. The summed E-state index contributed by atoms with van der Waals surface area (Å²) in [6, 6.07) is 3.93. The van der Waals surface area contributed by atoms with E-state index >= 15 is 0 Å². The Bertz CT molecular complexity index is 1050. The van der Waals surface area contributed by atoms with Crippen LogP contribution < -0.4 is 10.2 Å². The summed E-state index contributed by atoms with van der Waals surface area (Å²) in [5.41, 5.74) is 1.98. The number of hydrogen-bond acceptors (Lipinski definition) is 5. The maximum atomic E-state index is 13.2. The van der Waals surface area contributed by atoms with Gasteiger partial charge in [0.05, 0.1) is 22.0 Å². The molecule has 3 aromatic rings. The molecule has 0 spiro atoms.